The van der Waals surface area contributed by atoms with Crippen LogP contribution in [0, 0.1) is 34.5 Å². The molecule has 4 aliphatic rings. The van der Waals surface area contributed by atoms with Crippen LogP contribution in [0.2, 0.25) is 0 Å². The van der Waals surface area contributed by atoms with Gasteiger partial charge in [-0.05, 0) is 98.0 Å². The van der Waals surface area contributed by atoms with E-state index in [-0.39, 0.29) is 41.5 Å². The molecule has 0 aromatic heterocycles. The van der Waals surface area contributed by atoms with Gasteiger partial charge in [-0.25, -0.2) is 0 Å². The maximum Gasteiger partial charge on any atom is 0.416 e. The Morgan fingerprint density at radius 1 is 1.03 bits per heavy atom. The molecule has 7 atom stereocenters. The molecule has 3 saturated carbocycles. The van der Waals surface area contributed by atoms with Crippen molar-refractivity contribution in [1.29, 1.82) is 0 Å². The van der Waals surface area contributed by atoms with E-state index in [0.717, 1.165) is 12.8 Å². The highest BCUT2D eigenvalue weighted by Gasteiger charge is 2.63. The van der Waals surface area contributed by atoms with Gasteiger partial charge in [-0.1, -0.05) is 13.0 Å². The SMILES string of the molecule is CN1C(=O)C=C[C@]2(C)[C@H]3CC[C@]4(Cc5cc(C(F)(F)F)ccc5C(F)(F)F)[C@@H](C(N)=O)CC[C@H]4[C@@H]3CC[C@@H]12. The van der Waals surface area contributed by atoms with Gasteiger partial charge in [-0.15, -0.1) is 0 Å². The fraction of sp³-hybridized carbons (Fsp3) is 0.643. The van der Waals surface area contributed by atoms with Crippen LogP contribution in [0.5, 0.6) is 0 Å². The Morgan fingerprint density at radius 2 is 1.74 bits per heavy atom. The van der Waals surface area contributed by atoms with Gasteiger partial charge >= 0.3 is 12.4 Å². The van der Waals surface area contributed by atoms with E-state index in [1.54, 1.807) is 18.0 Å². The second-order valence-electron chi connectivity index (χ2n) is 12.0. The summed E-state index contributed by atoms with van der Waals surface area (Å²) < 4.78 is 82.6. The lowest BCUT2D eigenvalue weighted by Crippen LogP contribution is -2.60. The van der Waals surface area contributed by atoms with Gasteiger partial charge in [0.25, 0.3) is 0 Å². The van der Waals surface area contributed by atoms with Crippen LogP contribution in [0.4, 0.5) is 26.3 Å². The molecule has 0 radical (unpaired) electrons. The van der Waals surface area contributed by atoms with Gasteiger partial charge in [-0.2, -0.15) is 26.3 Å². The predicted molar refractivity (Wildman–Crippen MR) is 127 cm³/mol. The molecule has 10 heteroatoms. The van der Waals surface area contributed by atoms with Crippen LogP contribution in [0.25, 0.3) is 0 Å². The van der Waals surface area contributed by atoms with E-state index in [1.807, 2.05) is 6.08 Å². The van der Waals surface area contributed by atoms with Crippen LogP contribution in [0.3, 0.4) is 0 Å². The topological polar surface area (TPSA) is 63.4 Å². The van der Waals surface area contributed by atoms with Crippen LogP contribution >= 0.6 is 0 Å². The third-order valence-electron chi connectivity index (χ3n) is 10.4. The highest BCUT2D eigenvalue weighted by atomic mass is 19.4. The maximum atomic E-state index is 14.0. The quantitative estimate of drug-likeness (QED) is 0.477. The number of carbonyl (C=O) groups is 2. The first-order valence-corrected chi connectivity index (χ1v) is 13.1. The van der Waals surface area contributed by atoms with Crippen molar-refractivity contribution in [3.63, 3.8) is 0 Å². The molecule has 5 rings (SSSR count). The van der Waals surface area contributed by atoms with E-state index in [2.05, 4.69) is 6.92 Å². The lowest BCUT2D eigenvalue weighted by atomic mass is 9.46. The first-order valence-electron chi connectivity index (χ1n) is 13.1. The summed E-state index contributed by atoms with van der Waals surface area (Å²) in [5.41, 5.74) is 1.88. The summed E-state index contributed by atoms with van der Waals surface area (Å²) in [5, 5.41) is 0. The van der Waals surface area contributed by atoms with E-state index < -0.39 is 46.3 Å². The number of primary amides is 1. The molecule has 38 heavy (non-hydrogen) atoms. The second kappa shape index (κ2) is 8.74. The summed E-state index contributed by atoms with van der Waals surface area (Å²) in [5.74, 6) is -1.31. The molecule has 3 aliphatic carbocycles. The number of benzene rings is 1. The molecule has 4 nitrogen and oxygen atoms in total. The van der Waals surface area contributed by atoms with Crippen molar-refractivity contribution >= 4 is 11.8 Å². The molecule has 0 spiro atoms. The largest absolute Gasteiger partial charge is 0.416 e. The number of fused-ring (bicyclic) bond motifs is 5. The number of rotatable bonds is 3. The van der Waals surface area contributed by atoms with Crippen LogP contribution in [0.15, 0.2) is 30.4 Å². The maximum absolute atomic E-state index is 14.0. The van der Waals surface area contributed by atoms with Crippen LogP contribution in [-0.2, 0) is 28.4 Å². The number of hydrogen-bond acceptors (Lipinski definition) is 2. The molecule has 0 bridgehead atoms. The lowest BCUT2D eigenvalue weighted by Gasteiger charge is -2.60. The van der Waals surface area contributed by atoms with Crippen molar-refractivity contribution in [2.24, 2.45) is 40.2 Å². The first-order chi connectivity index (χ1) is 17.6. The summed E-state index contributed by atoms with van der Waals surface area (Å²) in [6, 6.07) is 1.59. The summed E-state index contributed by atoms with van der Waals surface area (Å²) in [6.07, 6.45) is -2.89. The zero-order valence-electron chi connectivity index (χ0n) is 21.3. The summed E-state index contributed by atoms with van der Waals surface area (Å²) >= 11 is 0. The van der Waals surface area contributed by atoms with Crippen molar-refractivity contribution in [2.75, 3.05) is 7.05 Å². The highest BCUT2D eigenvalue weighted by molar-refractivity contribution is 5.89. The number of carbonyl (C=O) groups excluding carboxylic acids is 2. The number of nitrogens with two attached hydrogens (primary N) is 1. The van der Waals surface area contributed by atoms with Crippen molar-refractivity contribution in [3.8, 4) is 0 Å². The van der Waals surface area contributed by atoms with Gasteiger partial charge in [0.05, 0.1) is 11.1 Å². The molecule has 1 heterocycles. The third-order valence-corrected chi connectivity index (χ3v) is 10.4. The molecular formula is C28H32F6N2O2. The van der Waals surface area contributed by atoms with E-state index in [4.69, 9.17) is 5.73 Å². The number of halogens is 6. The molecule has 0 unspecified atom stereocenters. The van der Waals surface area contributed by atoms with E-state index >= 15 is 0 Å². The van der Waals surface area contributed by atoms with Gasteiger partial charge in [-0.3, -0.25) is 9.59 Å². The lowest BCUT2D eigenvalue weighted by molar-refractivity contribution is -0.145. The molecule has 0 saturated heterocycles. The number of nitrogens with zero attached hydrogens (tertiary/aromatic N) is 1. The fourth-order valence-electron chi connectivity index (χ4n) is 8.86. The van der Waals surface area contributed by atoms with Crippen LogP contribution < -0.4 is 5.73 Å². The summed E-state index contributed by atoms with van der Waals surface area (Å²) in [6.45, 7) is 2.12. The average Bonchev–Trinajstić information content (AvgIpc) is 3.20. The van der Waals surface area contributed by atoms with Crippen molar-refractivity contribution < 1.29 is 35.9 Å². The molecule has 2 amide bonds. The summed E-state index contributed by atoms with van der Waals surface area (Å²) in [7, 11) is 1.78. The molecule has 1 aromatic rings. The molecule has 2 N–H and O–H groups in total. The number of alkyl halides is 6. The monoisotopic (exact) mass is 542 g/mol. The Balaban J connectivity index is 1.58. The van der Waals surface area contributed by atoms with Gasteiger partial charge in [0.1, 0.15) is 0 Å². The molecular weight excluding hydrogens is 510 g/mol. The van der Waals surface area contributed by atoms with E-state index in [1.165, 1.54) is 0 Å². The zero-order valence-corrected chi connectivity index (χ0v) is 21.3. The highest BCUT2D eigenvalue weighted by Crippen LogP contribution is 2.66. The molecule has 1 aliphatic heterocycles. The van der Waals surface area contributed by atoms with Crippen molar-refractivity contribution in [2.45, 2.75) is 70.3 Å². The van der Waals surface area contributed by atoms with Crippen molar-refractivity contribution in [1.82, 2.24) is 4.90 Å². The Morgan fingerprint density at radius 3 is 2.37 bits per heavy atom. The fourth-order valence-corrected chi connectivity index (χ4v) is 8.86. The number of likely N-dealkylation sites (N-methyl/N-ethyl adjacent to an activating group) is 1. The minimum Gasteiger partial charge on any atom is -0.369 e. The molecule has 1 aromatic carbocycles. The van der Waals surface area contributed by atoms with Gasteiger partial charge in [0.15, 0.2) is 0 Å². The Bertz CT molecular complexity index is 1180. The normalized spacial score (nSPS) is 37.0. The van der Waals surface area contributed by atoms with Gasteiger partial charge < -0.3 is 10.6 Å². The Labute approximate surface area is 217 Å². The first kappa shape index (κ1) is 27.1. The van der Waals surface area contributed by atoms with Gasteiger partial charge in [0.2, 0.25) is 11.8 Å². The smallest absolute Gasteiger partial charge is 0.369 e. The van der Waals surface area contributed by atoms with Crippen LogP contribution in [-0.4, -0.2) is 29.8 Å². The van der Waals surface area contributed by atoms with E-state index in [0.29, 0.717) is 43.9 Å². The van der Waals surface area contributed by atoms with Gasteiger partial charge in [0, 0.05) is 24.4 Å². The van der Waals surface area contributed by atoms with Crippen molar-refractivity contribution in [3.05, 3.63) is 47.0 Å². The second-order valence-corrected chi connectivity index (χ2v) is 12.0. The van der Waals surface area contributed by atoms with E-state index in [9.17, 15) is 35.9 Å². The minimum absolute atomic E-state index is 0.00221. The average molecular weight is 543 g/mol. The minimum atomic E-state index is -4.83. The third kappa shape index (κ3) is 4.04. The predicted octanol–water partition coefficient (Wildman–Crippen LogP) is 5.99. The molecule has 3 fully saturated rings. The molecule has 208 valence electrons. The Kier molecular flexibility index (Phi) is 6.23. The Hall–Kier alpha value is -2.52. The zero-order chi connectivity index (χ0) is 27.8. The summed E-state index contributed by atoms with van der Waals surface area (Å²) in [4.78, 5) is 26.7. The van der Waals surface area contributed by atoms with Crippen LogP contribution in [0.1, 0.15) is 62.1 Å². The number of amides is 2. The standard InChI is InChI=1S/C28H32F6N2O2/c1-25-11-10-23(37)36(2)22(25)8-4-17-19(25)9-12-26(20(17)6-7-21(26)24(35)38)14-15-13-16(27(29,30)31)3-5-18(15)28(32,33)34/h3,5,10-11,13,17,19-22H,4,6-9,12,14H2,1-2H3,(H2,35,38)/t17-,19+,20+,21-,22-,25-,26-/m1/s1. The number of hydrogen-bond donors (Lipinski definition) is 1.